The number of halogens is 1. The van der Waals surface area contributed by atoms with Crippen LogP contribution in [0.3, 0.4) is 0 Å². The van der Waals surface area contributed by atoms with Crippen molar-refractivity contribution >= 4 is 5.82 Å². The number of rotatable bonds is 6. The van der Waals surface area contributed by atoms with Gasteiger partial charge < -0.3 is 15.2 Å². The van der Waals surface area contributed by atoms with Gasteiger partial charge >= 0.3 is 0 Å². The lowest BCUT2D eigenvalue weighted by Gasteiger charge is -2.14. The van der Waals surface area contributed by atoms with Crippen LogP contribution in [0.15, 0.2) is 24.3 Å². The Bertz CT molecular complexity index is 731. The lowest BCUT2D eigenvalue weighted by Crippen LogP contribution is -2.27. The Morgan fingerprint density at radius 2 is 2.17 bits per heavy atom. The van der Waals surface area contributed by atoms with Gasteiger partial charge in [-0.2, -0.15) is 10.4 Å². The van der Waals surface area contributed by atoms with Crippen LogP contribution in [-0.4, -0.2) is 34.6 Å². The lowest BCUT2D eigenvalue weighted by atomic mass is 10.1. The maximum Gasteiger partial charge on any atom is 0.167 e. The minimum atomic E-state index is -0.854. The Balaban J connectivity index is 1.91. The van der Waals surface area contributed by atoms with Crippen molar-refractivity contribution in [1.29, 1.82) is 5.26 Å². The van der Waals surface area contributed by atoms with Crippen molar-refractivity contribution in [1.82, 2.24) is 10.2 Å². The Labute approximate surface area is 133 Å². The summed E-state index contributed by atoms with van der Waals surface area (Å²) >= 11 is 0. The molecule has 2 rings (SSSR count). The number of hydrogen-bond donors (Lipinski definition) is 2. The number of aryl methyl sites for hydroxylation is 1. The number of aliphatic hydroxyl groups is 1. The van der Waals surface area contributed by atoms with E-state index in [1.54, 1.807) is 19.9 Å². The van der Waals surface area contributed by atoms with Gasteiger partial charge in [-0.1, -0.05) is 6.07 Å². The molecule has 6 nitrogen and oxygen atoms in total. The van der Waals surface area contributed by atoms with E-state index in [-0.39, 0.29) is 13.2 Å². The fourth-order valence-electron chi connectivity index (χ4n) is 1.89. The molecule has 7 heteroatoms. The van der Waals surface area contributed by atoms with E-state index in [1.165, 1.54) is 18.2 Å². The second kappa shape index (κ2) is 7.51. The highest BCUT2D eigenvalue weighted by atomic mass is 19.1. The predicted molar refractivity (Wildman–Crippen MR) is 82.6 cm³/mol. The SMILES string of the molecule is Cc1nnc(NCC(O)COc2cccc(F)c2)c(C#N)c1C. The van der Waals surface area contributed by atoms with Crippen LogP contribution in [0, 0.1) is 31.0 Å². The van der Waals surface area contributed by atoms with E-state index in [2.05, 4.69) is 21.6 Å². The number of aliphatic hydroxyl groups excluding tert-OH is 1. The third-order valence-electron chi connectivity index (χ3n) is 3.31. The Hall–Kier alpha value is -2.72. The van der Waals surface area contributed by atoms with Gasteiger partial charge in [0.25, 0.3) is 0 Å². The molecule has 1 heterocycles. The molecule has 0 amide bonds. The molecule has 0 fully saturated rings. The first-order chi connectivity index (χ1) is 11.0. The van der Waals surface area contributed by atoms with Gasteiger partial charge in [-0.25, -0.2) is 4.39 Å². The standard InChI is InChI=1S/C16H17FN4O2/c1-10-11(2)20-21-16(15(10)7-18)19-8-13(22)9-23-14-5-3-4-12(17)6-14/h3-6,13,22H,8-9H2,1-2H3,(H,19,21). The highest BCUT2D eigenvalue weighted by Gasteiger charge is 2.12. The first-order valence-electron chi connectivity index (χ1n) is 7.05. The van der Waals surface area contributed by atoms with Crippen LogP contribution in [-0.2, 0) is 0 Å². The van der Waals surface area contributed by atoms with Crippen molar-refractivity contribution in [3.8, 4) is 11.8 Å². The van der Waals surface area contributed by atoms with Crippen LogP contribution in [0.25, 0.3) is 0 Å². The van der Waals surface area contributed by atoms with Crippen molar-refractivity contribution in [3.63, 3.8) is 0 Å². The third kappa shape index (κ3) is 4.37. The van der Waals surface area contributed by atoms with Crippen molar-refractivity contribution < 1.29 is 14.2 Å². The molecule has 1 unspecified atom stereocenters. The number of anilines is 1. The topological polar surface area (TPSA) is 91.1 Å². The van der Waals surface area contributed by atoms with Gasteiger partial charge in [0, 0.05) is 12.6 Å². The monoisotopic (exact) mass is 316 g/mol. The highest BCUT2D eigenvalue weighted by molar-refractivity contribution is 5.55. The number of nitrogens with one attached hydrogen (secondary N) is 1. The molecule has 2 N–H and O–H groups in total. The van der Waals surface area contributed by atoms with Crippen LogP contribution >= 0.6 is 0 Å². The van der Waals surface area contributed by atoms with Gasteiger partial charge in [-0.3, -0.25) is 0 Å². The van der Waals surface area contributed by atoms with Crippen molar-refractivity contribution in [3.05, 3.63) is 46.9 Å². The molecule has 0 bridgehead atoms. The summed E-state index contributed by atoms with van der Waals surface area (Å²) in [5, 5.41) is 29.9. The minimum absolute atomic E-state index is 0.0172. The normalized spacial score (nSPS) is 11.6. The van der Waals surface area contributed by atoms with Crippen LogP contribution < -0.4 is 10.1 Å². The zero-order valence-corrected chi connectivity index (χ0v) is 12.9. The number of nitrogens with zero attached hydrogens (tertiary/aromatic N) is 3. The quantitative estimate of drug-likeness (QED) is 0.846. The number of nitriles is 1. The zero-order valence-electron chi connectivity index (χ0n) is 12.9. The summed E-state index contributed by atoms with van der Waals surface area (Å²) in [6.45, 7) is 3.67. The highest BCUT2D eigenvalue weighted by Crippen LogP contribution is 2.17. The molecule has 0 saturated heterocycles. The zero-order chi connectivity index (χ0) is 16.8. The van der Waals surface area contributed by atoms with Crippen molar-refractivity contribution in [2.24, 2.45) is 0 Å². The van der Waals surface area contributed by atoms with E-state index in [0.29, 0.717) is 22.8 Å². The first kappa shape index (κ1) is 16.6. The van der Waals surface area contributed by atoms with Crippen LogP contribution in [0.2, 0.25) is 0 Å². The summed E-state index contributed by atoms with van der Waals surface area (Å²) in [6, 6.07) is 7.75. The number of benzene rings is 1. The van der Waals surface area contributed by atoms with Crippen LogP contribution in [0.5, 0.6) is 5.75 Å². The molecule has 2 aromatic rings. The summed E-state index contributed by atoms with van der Waals surface area (Å²) in [4.78, 5) is 0. The van der Waals surface area contributed by atoms with E-state index in [0.717, 1.165) is 5.56 Å². The number of aromatic nitrogens is 2. The average Bonchev–Trinajstić information content (AvgIpc) is 2.54. The molecule has 0 aliphatic rings. The van der Waals surface area contributed by atoms with Gasteiger partial charge in [-0.15, -0.1) is 5.10 Å². The van der Waals surface area contributed by atoms with Gasteiger partial charge in [0.1, 0.15) is 35.9 Å². The molecular weight excluding hydrogens is 299 g/mol. The van der Waals surface area contributed by atoms with Crippen molar-refractivity contribution in [2.45, 2.75) is 20.0 Å². The summed E-state index contributed by atoms with van der Waals surface area (Å²) in [5.74, 6) is 0.257. The fraction of sp³-hybridized carbons (Fsp3) is 0.312. The lowest BCUT2D eigenvalue weighted by molar-refractivity contribution is 0.117. The van der Waals surface area contributed by atoms with Crippen LogP contribution in [0.4, 0.5) is 10.2 Å². The summed E-state index contributed by atoms with van der Waals surface area (Å²) in [6.07, 6.45) is -0.854. The molecule has 0 radical (unpaired) electrons. The maximum absolute atomic E-state index is 13.0. The van der Waals surface area contributed by atoms with E-state index in [4.69, 9.17) is 4.74 Å². The van der Waals surface area contributed by atoms with Gasteiger partial charge in [0.2, 0.25) is 0 Å². The smallest absolute Gasteiger partial charge is 0.167 e. The largest absolute Gasteiger partial charge is 0.491 e. The first-order valence-corrected chi connectivity index (χ1v) is 7.05. The molecule has 0 aliphatic carbocycles. The molecule has 1 aromatic heterocycles. The Morgan fingerprint density at radius 3 is 2.87 bits per heavy atom. The molecule has 0 saturated carbocycles. The summed E-state index contributed by atoms with van der Waals surface area (Å²) in [5.41, 5.74) is 1.83. The molecule has 23 heavy (non-hydrogen) atoms. The Morgan fingerprint density at radius 1 is 1.39 bits per heavy atom. The molecule has 1 atom stereocenters. The molecular formula is C16H17FN4O2. The van der Waals surface area contributed by atoms with Crippen LogP contribution in [0.1, 0.15) is 16.8 Å². The van der Waals surface area contributed by atoms with E-state index >= 15 is 0 Å². The van der Waals surface area contributed by atoms with E-state index < -0.39 is 11.9 Å². The number of ether oxygens (including phenoxy) is 1. The third-order valence-corrected chi connectivity index (χ3v) is 3.31. The van der Waals surface area contributed by atoms with Crippen molar-refractivity contribution in [2.75, 3.05) is 18.5 Å². The van der Waals surface area contributed by atoms with Gasteiger partial charge in [-0.05, 0) is 31.5 Å². The van der Waals surface area contributed by atoms with E-state index in [9.17, 15) is 14.8 Å². The fourth-order valence-corrected chi connectivity index (χ4v) is 1.89. The molecule has 120 valence electrons. The second-order valence-corrected chi connectivity index (χ2v) is 5.05. The minimum Gasteiger partial charge on any atom is -0.491 e. The number of hydrogen-bond acceptors (Lipinski definition) is 6. The summed E-state index contributed by atoms with van der Waals surface area (Å²) < 4.78 is 18.3. The summed E-state index contributed by atoms with van der Waals surface area (Å²) in [7, 11) is 0. The second-order valence-electron chi connectivity index (χ2n) is 5.05. The van der Waals surface area contributed by atoms with E-state index in [1.807, 2.05) is 0 Å². The van der Waals surface area contributed by atoms with Gasteiger partial charge in [0.15, 0.2) is 5.82 Å². The average molecular weight is 316 g/mol. The molecule has 1 aromatic carbocycles. The predicted octanol–water partition coefficient (Wildman–Crippen LogP) is 1.96. The maximum atomic E-state index is 13.0. The molecule has 0 aliphatic heterocycles. The molecule has 0 spiro atoms. The Kier molecular flexibility index (Phi) is 5.44. The van der Waals surface area contributed by atoms with Gasteiger partial charge in [0.05, 0.1) is 5.69 Å².